The highest BCUT2D eigenvalue weighted by Crippen LogP contribution is 2.44. The lowest BCUT2D eigenvalue weighted by Crippen LogP contribution is -2.01. The molecule has 0 saturated heterocycles. The van der Waals surface area contributed by atoms with Gasteiger partial charge in [-0.15, -0.1) is 0 Å². The van der Waals surface area contributed by atoms with E-state index >= 15 is 0 Å². The van der Waals surface area contributed by atoms with Crippen molar-refractivity contribution in [2.75, 3.05) is 0 Å². The van der Waals surface area contributed by atoms with E-state index in [2.05, 4.69) is 210 Å². The molecule has 14 rings (SSSR count). The Morgan fingerprint density at radius 1 is 0.221 bits per heavy atom. The zero-order chi connectivity index (χ0) is 44.7. The van der Waals surface area contributed by atoms with Gasteiger partial charge >= 0.3 is 0 Å². The van der Waals surface area contributed by atoms with E-state index in [-0.39, 0.29) is 0 Å². The molecular weight excluding hydrogens is 827 g/mol. The summed E-state index contributed by atoms with van der Waals surface area (Å²) in [6, 6.07) is 76.2. The Balaban J connectivity index is 1.07. The third kappa shape index (κ3) is 6.36. The third-order valence-corrected chi connectivity index (χ3v) is 13.6. The second kappa shape index (κ2) is 15.2. The molecule has 0 radical (unpaired) electrons. The van der Waals surface area contributed by atoms with Gasteiger partial charge in [0.25, 0.3) is 0 Å². The molecule has 68 heavy (non-hydrogen) atoms. The molecule has 0 N–H and O–H groups in total. The van der Waals surface area contributed by atoms with Crippen molar-refractivity contribution in [1.82, 2.24) is 24.9 Å². The normalized spacial score (nSPS) is 11.8. The van der Waals surface area contributed by atoms with Gasteiger partial charge in [0.05, 0.1) is 11.0 Å². The van der Waals surface area contributed by atoms with Crippen molar-refractivity contribution in [1.29, 1.82) is 0 Å². The fourth-order valence-corrected chi connectivity index (χ4v) is 10.4. The smallest absolute Gasteiger partial charge is 0.164 e. The Hall–Kier alpha value is -9.19. The number of rotatable bonds is 5. The Morgan fingerprint density at radius 2 is 0.574 bits per heavy atom. The van der Waals surface area contributed by atoms with Gasteiger partial charge in [0.2, 0.25) is 0 Å². The van der Waals surface area contributed by atoms with Crippen molar-refractivity contribution in [3.8, 4) is 56.4 Å². The first-order valence-electron chi connectivity index (χ1n) is 22.9. The van der Waals surface area contributed by atoms with Crippen molar-refractivity contribution in [3.63, 3.8) is 0 Å². The molecule has 3 aromatic heterocycles. The third-order valence-electron chi connectivity index (χ3n) is 13.6. The SMILES string of the molecule is c1cnc2cc3ccc(-c4nc(-c5cc(-c6c7ccccc7cc7ccccc67)cc(-c6c7ccccc7cc7ccccc67)c5)nc(-c5ccc6cc7ncccc7cc6c5)n4)cc3cc2c1. The summed E-state index contributed by atoms with van der Waals surface area (Å²) in [5.41, 5.74) is 9.15. The topological polar surface area (TPSA) is 64.5 Å². The van der Waals surface area contributed by atoms with E-state index in [1.165, 1.54) is 54.2 Å². The van der Waals surface area contributed by atoms with Gasteiger partial charge in [0.15, 0.2) is 17.5 Å². The van der Waals surface area contributed by atoms with Gasteiger partial charge in [0.1, 0.15) is 0 Å². The molecule has 11 aromatic carbocycles. The first kappa shape index (κ1) is 38.1. The molecular formula is C63H37N5. The van der Waals surface area contributed by atoms with E-state index in [4.69, 9.17) is 15.0 Å². The Labute approximate surface area is 390 Å². The summed E-state index contributed by atoms with van der Waals surface area (Å²) in [5.74, 6) is 1.78. The summed E-state index contributed by atoms with van der Waals surface area (Å²) >= 11 is 0. The minimum absolute atomic E-state index is 0.591. The van der Waals surface area contributed by atoms with E-state index in [0.29, 0.717) is 17.5 Å². The molecule has 0 unspecified atom stereocenters. The lowest BCUT2D eigenvalue weighted by molar-refractivity contribution is 1.08. The quantitative estimate of drug-likeness (QED) is 0.161. The van der Waals surface area contributed by atoms with Gasteiger partial charge in [-0.25, -0.2) is 15.0 Å². The van der Waals surface area contributed by atoms with Gasteiger partial charge in [-0.2, -0.15) is 0 Å². The number of fused-ring (bicyclic) bond motifs is 8. The average molecular weight is 864 g/mol. The van der Waals surface area contributed by atoms with Crippen molar-refractivity contribution >= 4 is 86.4 Å². The molecule has 5 nitrogen and oxygen atoms in total. The number of nitrogens with zero attached hydrogens (tertiary/aromatic N) is 5. The second-order valence-corrected chi connectivity index (χ2v) is 17.7. The van der Waals surface area contributed by atoms with Crippen LogP contribution in [0.2, 0.25) is 0 Å². The molecule has 0 amide bonds. The summed E-state index contributed by atoms with van der Waals surface area (Å²) < 4.78 is 0. The maximum atomic E-state index is 5.45. The van der Waals surface area contributed by atoms with Crippen LogP contribution >= 0.6 is 0 Å². The highest BCUT2D eigenvalue weighted by Gasteiger charge is 2.20. The predicted molar refractivity (Wildman–Crippen MR) is 283 cm³/mol. The molecule has 314 valence electrons. The highest BCUT2D eigenvalue weighted by atomic mass is 15.0. The molecule has 0 fully saturated rings. The number of benzene rings is 11. The summed E-state index contributed by atoms with van der Waals surface area (Å²) in [5, 5.41) is 16.1. The van der Waals surface area contributed by atoms with Crippen LogP contribution in [0.15, 0.2) is 225 Å². The number of hydrogen-bond donors (Lipinski definition) is 0. The van der Waals surface area contributed by atoms with Crippen LogP contribution in [0, 0.1) is 0 Å². The monoisotopic (exact) mass is 863 g/mol. The van der Waals surface area contributed by atoms with Gasteiger partial charge in [-0.1, -0.05) is 133 Å². The molecule has 14 aromatic rings. The zero-order valence-corrected chi connectivity index (χ0v) is 36.6. The van der Waals surface area contributed by atoms with Gasteiger partial charge in [-0.05, 0) is 166 Å². The van der Waals surface area contributed by atoms with E-state index < -0.39 is 0 Å². The van der Waals surface area contributed by atoms with Crippen molar-refractivity contribution in [3.05, 3.63) is 225 Å². The minimum Gasteiger partial charge on any atom is -0.256 e. The fourth-order valence-electron chi connectivity index (χ4n) is 10.4. The second-order valence-electron chi connectivity index (χ2n) is 17.7. The van der Waals surface area contributed by atoms with Gasteiger partial charge in [-0.3, -0.25) is 9.97 Å². The molecule has 0 bridgehead atoms. The van der Waals surface area contributed by atoms with Crippen LogP contribution in [0.4, 0.5) is 0 Å². The first-order chi connectivity index (χ1) is 33.6. The fraction of sp³-hybridized carbons (Fsp3) is 0. The summed E-state index contributed by atoms with van der Waals surface area (Å²) in [4.78, 5) is 25.5. The molecule has 0 aliphatic rings. The first-order valence-corrected chi connectivity index (χ1v) is 22.9. The number of pyridine rings is 2. The average Bonchev–Trinajstić information content (AvgIpc) is 3.39. The Bertz CT molecular complexity index is 4020. The van der Waals surface area contributed by atoms with Crippen LogP contribution < -0.4 is 0 Å². The standard InChI is InChI=1S/C63H37N5/c1-5-17-53-40(11-1)27-41-12-2-6-18-54(41)59(53)50-33-51(60-55-19-7-3-13-42(55)28-43-14-4-8-20-56(43)60)35-52(34-50)63-67-61(46-23-21-38-36-57-44(15-9-25-64-57)29-48(38)31-46)66-62(68-63)47-24-22-39-37-58-45(16-10-26-65-58)30-49(39)32-47/h1-37H. The maximum Gasteiger partial charge on any atom is 0.164 e. The summed E-state index contributed by atoms with van der Waals surface area (Å²) in [7, 11) is 0. The number of hydrogen-bond acceptors (Lipinski definition) is 5. The van der Waals surface area contributed by atoms with E-state index in [9.17, 15) is 0 Å². The van der Waals surface area contributed by atoms with Crippen molar-refractivity contribution in [2.45, 2.75) is 0 Å². The highest BCUT2D eigenvalue weighted by molar-refractivity contribution is 6.16. The molecule has 0 atom stereocenters. The molecule has 5 heteroatoms. The van der Waals surface area contributed by atoms with Crippen LogP contribution in [-0.4, -0.2) is 24.9 Å². The van der Waals surface area contributed by atoms with Crippen LogP contribution in [0.3, 0.4) is 0 Å². The van der Waals surface area contributed by atoms with Gasteiger partial charge in [0, 0.05) is 39.9 Å². The largest absolute Gasteiger partial charge is 0.256 e. The summed E-state index contributed by atoms with van der Waals surface area (Å²) in [6.45, 7) is 0. The molecule has 0 saturated carbocycles. The molecule has 0 spiro atoms. The van der Waals surface area contributed by atoms with Crippen LogP contribution in [0.1, 0.15) is 0 Å². The summed E-state index contributed by atoms with van der Waals surface area (Å²) in [6.07, 6.45) is 3.68. The Kier molecular flexibility index (Phi) is 8.52. The number of aromatic nitrogens is 5. The van der Waals surface area contributed by atoms with Gasteiger partial charge < -0.3 is 0 Å². The maximum absolute atomic E-state index is 5.45. The van der Waals surface area contributed by atoms with E-state index in [0.717, 1.165) is 71.2 Å². The lowest BCUT2D eigenvalue weighted by atomic mass is 9.87. The lowest BCUT2D eigenvalue weighted by Gasteiger charge is -2.18. The zero-order valence-electron chi connectivity index (χ0n) is 36.6. The van der Waals surface area contributed by atoms with Crippen molar-refractivity contribution < 1.29 is 0 Å². The van der Waals surface area contributed by atoms with Crippen LogP contribution in [0.5, 0.6) is 0 Å². The minimum atomic E-state index is 0.591. The van der Waals surface area contributed by atoms with Crippen LogP contribution in [0.25, 0.3) is 143 Å². The molecule has 0 aliphatic heterocycles. The molecule has 3 heterocycles. The van der Waals surface area contributed by atoms with E-state index in [1.54, 1.807) is 0 Å². The van der Waals surface area contributed by atoms with E-state index in [1.807, 2.05) is 24.5 Å². The van der Waals surface area contributed by atoms with Crippen LogP contribution in [-0.2, 0) is 0 Å². The molecule has 0 aliphatic carbocycles. The predicted octanol–water partition coefficient (Wildman–Crippen LogP) is 16.2. The Morgan fingerprint density at radius 3 is 1.00 bits per heavy atom. The van der Waals surface area contributed by atoms with Crippen molar-refractivity contribution in [2.24, 2.45) is 0 Å².